The second kappa shape index (κ2) is 34.7. The molecular formula is C78H79BrF4N14O6. The number of hydrogen-bond acceptors (Lipinski definition) is 11. The summed E-state index contributed by atoms with van der Waals surface area (Å²) in [6.45, 7) is 18.2. The molecule has 3 amide bonds. The molecule has 3 saturated heterocycles. The molecular weight excluding hydrogens is 1380 g/mol. The van der Waals surface area contributed by atoms with Crippen LogP contribution in [0.3, 0.4) is 0 Å². The van der Waals surface area contributed by atoms with Crippen LogP contribution < -0.4 is 11.1 Å². The smallest absolute Gasteiger partial charge is 0.337 e. The van der Waals surface area contributed by atoms with Crippen molar-refractivity contribution >= 4 is 95.2 Å². The fourth-order valence-electron chi connectivity index (χ4n) is 12.8. The lowest BCUT2D eigenvalue weighted by Crippen LogP contribution is -2.39. The number of amides is 3. The fraction of sp³-hybridized carbons (Fsp3) is 0.321. The number of aromatic carboxylic acids is 1. The molecule has 11 aromatic rings. The molecule has 1 saturated carbocycles. The minimum atomic E-state index is -0.937. The first kappa shape index (κ1) is 74.8. The van der Waals surface area contributed by atoms with Gasteiger partial charge in [-0.2, -0.15) is 5.26 Å². The van der Waals surface area contributed by atoms with E-state index in [9.17, 15) is 41.5 Å². The van der Waals surface area contributed by atoms with Crippen LogP contribution in [0.2, 0.25) is 0 Å². The number of carbonyl (C=O) groups excluding carboxylic acids is 4. The molecule has 1 aliphatic carbocycles. The van der Waals surface area contributed by atoms with Crippen molar-refractivity contribution in [3.63, 3.8) is 0 Å². The quantitative estimate of drug-likeness (QED) is 0.0540. The molecule has 6 N–H and O–H groups in total. The maximum Gasteiger partial charge on any atom is 0.337 e. The van der Waals surface area contributed by atoms with Gasteiger partial charge in [0.1, 0.15) is 47.3 Å². The van der Waals surface area contributed by atoms with Crippen molar-refractivity contribution < 1.29 is 46.6 Å². The Morgan fingerprint density at radius 1 is 0.544 bits per heavy atom. The van der Waals surface area contributed by atoms with Gasteiger partial charge in [0.2, 0.25) is 5.91 Å². The first-order valence-corrected chi connectivity index (χ1v) is 34.9. The molecule has 0 unspecified atom stereocenters. The number of benzene rings is 3. The van der Waals surface area contributed by atoms with Crippen LogP contribution in [-0.2, 0) is 0 Å². The maximum absolute atomic E-state index is 13.4. The number of aryl methyl sites for hydroxylation is 4. The predicted octanol–water partition coefficient (Wildman–Crippen LogP) is 15.6. The normalized spacial score (nSPS) is 16.2. The van der Waals surface area contributed by atoms with E-state index in [2.05, 4.69) is 56.0 Å². The standard InChI is InChI=1S/C22H20FN3O.C21H21FN4O2.C14H16FN3O.C9H8N2O2.C7H4BrN.C5H10FN/c1-14-19-11-12-26(18-9-7-17(24-2)8-10-18)22(19)25-13-20(14)21(27)15-3-5-16(23)6-4-15;1-13-17-8-11-26(16-4-2-14(3-5-16)19(23)27)20(17)24-12-18(13)21(28)25-9-6-15(22)7-10-25;1-9-11-2-5-16-13(11)17-8-12(9)14(19)18-6-3-10(15)4-7-18;1-5-6-2-3-10-8(6)11-4-7(5)9(12)13;8-7-3-1-6(5-9)2-4-7;6-5-1-3-7-4-2-5/h7-13,15-16H,3-6H2,1H3;2-5,8,11-12,15H,6-7,9-10H2,1H3,(H2,23,27);2,5,8,10H,3-4,6-7H2,1H3,(H,16,17);2-4H,1H3,(H,10,11)(H,12,13);1-4H;5,7H,1-4H2. The number of carbonyl (C=O) groups is 5. The molecule has 0 atom stereocenters. The largest absolute Gasteiger partial charge is 0.478 e. The Bertz CT molecular complexity index is 4900. The number of nitrogens with one attached hydrogen (secondary N) is 3. The minimum absolute atomic E-state index is 0.0417. The van der Waals surface area contributed by atoms with E-state index in [0.717, 1.165) is 95.3 Å². The van der Waals surface area contributed by atoms with E-state index < -0.39 is 36.6 Å². The lowest BCUT2D eigenvalue weighted by atomic mass is 9.82. The third-order valence-corrected chi connectivity index (χ3v) is 19.5. The van der Waals surface area contributed by atoms with Crippen LogP contribution in [0.1, 0.15) is 144 Å². The molecule has 0 radical (unpaired) electrons. The van der Waals surface area contributed by atoms with Gasteiger partial charge in [0.05, 0.1) is 34.9 Å². The summed E-state index contributed by atoms with van der Waals surface area (Å²) < 4.78 is 56.9. The highest BCUT2D eigenvalue weighted by Gasteiger charge is 2.30. The summed E-state index contributed by atoms with van der Waals surface area (Å²) in [7, 11) is 0. The molecule has 3 aliphatic heterocycles. The molecule has 0 bridgehead atoms. The van der Waals surface area contributed by atoms with Gasteiger partial charge in [0.25, 0.3) is 11.8 Å². The highest BCUT2D eigenvalue weighted by Crippen LogP contribution is 2.33. The van der Waals surface area contributed by atoms with Crippen molar-refractivity contribution in [2.24, 2.45) is 11.7 Å². The van der Waals surface area contributed by atoms with Crippen molar-refractivity contribution in [1.29, 1.82) is 5.26 Å². The van der Waals surface area contributed by atoms with Gasteiger partial charge in [-0.3, -0.25) is 19.2 Å². The zero-order valence-corrected chi connectivity index (χ0v) is 59.1. The molecule has 11 heterocycles. The number of carboxylic acid groups (broad SMARTS) is 1. The van der Waals surface area contributed by atoms with Crippen molar-refractivity contribution in [2.45, 2.75) is 117 Å². The third kappa shape index (κ3) is 18.2. The second-order valence-electron chi connectivity index (χ2n) is 25.6. The van der Waals surface area contributed by atoms with Crippen LogP contribution in [-0.4, -0.2) is 147 Å². The van der Waals surface area contributed by atoms with Gasteiger partial charge in [-0.05, 0) is 212 Å². The van der Waals surface area contributed by atoms with Crippen LogP contribution in [0, 0.1) is 51.5 Å². The maximum atomic E-state index is 13.4. The molecule has 532 valence electrons. The highest BCUT2D eigenvalue weighted by molar-refractivity contribution is 9.10. The van der Waals surface area contributed by atoms with Gasteiger partial charge in [0, 0.05) is 130 Å². The van der Waals surface area contributed by atoms with E-state index in [1.165, 1.54) is 6.20 Å². The zero-order chi connectivity index (χ0) is 73.4. The number of nitrogens with two attached hydrogens (primary N) is 1. The third-order valence-electron chi connectivity index (χ3n) is 19.0. The molecule has 25 heteroatoms. The van der Waals surface area contributed by atoms with Crippen LogP contribution in [0.25, 0.3) is 60.4 Å². The fourth-order valence-corrected chi connectivity index (χ4v) is 13.1. The molecule has 0 spiro atoms. The van der Waals surface area contributed by atoms with Crippen LogP contribution >= 0.6 is 15.9 Å². The number of Topliss-reactive ketones (excluding diaryl/α,β-unsaturated/α-hetero) is 1. The molecule has 103 heavy (non-hydrogen) atoms. The number of piperidine rings is 3. The van der Waals surface area contributed by atoms with Gasteiger partial charge in [-0.15, -0.1) is 0 Å². The molecule has 20 nitrogen and oxygen atoms in total. The number of halogens is 5. The number of fused-ring (bicyclic) bond motifs is 4. The summed E-state index contributed by atoms with van der Waals surface area (Å²) in [4.78, 5) is 90.3. The lowest BCUT2D eigenvalue weighted by Gasteiger charge is -2.29. The average molecular weight is 1460 g/mol. The topological polar surface area (TPSA) is 271 Å². The molecule has 15 rings (SSSR count). The number of primary amides is 1. The van der Waals surface area contributed by atoms with E-state index in [1.54, 1.807) is 90.0 Å². The Balaban J connectivity index is 0.000000141. The molecule has 4 fully saturated rings. The van der Waals surface area contributed by atoms with Crippen LogP contribution in [0.15, 0.2) is 151 Å². The summed E-state index contributed by atoms with van der Waals surface area (Å²) in [6.07, 6.45) is 16.0. The van der Waals surface area contributed by atoms with Crippen LogP contribution in [0.5, 0.6) is 0 Å². The SMILES string of the molecule is Cc1c(C(=O)N2CCC(F)CC2)cnc2[nH]ccc12.Cc1c(C(=O)N2CCC(F)CC2)cnc2c1ccn2-c1ccc(C(N)=O)cc1.Cc1c(C(=O)O)cnc2[nH]ccc12.FC1CCNCC1.N#Cc1ccc(Br)cc1.[C-]#[N+]c1ccc(-n2ccc3c(C)c(C(=O)C4CCC(F)CC4)cnc32)cc1. The Morgan fingerprint density at radius 2 is 0.961 bits per heavy atom. The van der Waals surface area contributed by atoms with Gasteiger partial charge < -0.3 is 45.1 Å². The number of alkyl halides is 4. The van der Waals surface area contributed by atoms with E-state index in [0.29, 0.717) is 124 Å². The van der Waals surface area contributed by atoms with Gasteiger partial charge in [0.15, 0.2) is 11.5 Å². The Kier molecular flexibility index (Phi) is 25.2. The summed E-state index contributed by atoms with van der Waals surface area (Å²) in [6, 6.07) is 31.2. The first-order chi connectivity index (χ1) is 49.6. The van der Waals surface area contributed by atoms with E-state index in [-0.39, 0.29) is 29.1 Å². The molecule has 4 aliphatic rings. The van der Waals surface area contributed by atoms with Crippen molar-refractivity contribution in [2.75, 3.05) is 39.3 Å². The minimum Gasteiger partial charge on any atom is -0.478 e. The number of nitrogens with zero attached hydrogens (tertiary/aromatic N) is 10. The second-order valence-corrected chi connectivity index (χ2v) is 26.6. The monoisotopic (exact) mass is 1460 g/mol. The first-order valence-electron chi connectivity index (χ1n) is 34.1. The summed E-state index contributed by atoms with van der Waals surface area (Å²) in [5.74, 6) is -1.57. The predicted molar refractivity (Wildman–Crippen MR) is 392 cm³/mol. The number of likely N-dealkylation sites (tertiary alicyclic amines) is 2. The number of nitriles is 1. The number of pyridine rings is 4. The zero-order valence-electron chi connectivity index (χ0n) is 57.5. The number of aromatic nitrogens is 8. The van der Waals surface area contributed by atoms with E-state index in [4.69, 9.17) is 22.7 Å². The Hall–Kier alpha value is -10.9. The van der Waals surface area contributed by atoms with Gasteiger partial charge >= 0.3 is 5.97 Å². The highest BCUT2D eigenvalue weighted by atomic mass is 79.9. The summed E-state index contributed by atoms with van der Waals surface area (Å²) in [5, 5.41) is 23.9. The van der Waals surface area contributed by atoms with Gasteiger partial charge in [-0.25, -0.2) is 47.1 Å². The van der Waals surface area contributed by atoms with Crippen LogP contribution in [0.4, 0.5) is 23.2 Å². The van der Waals surface area contributed by atoms with E-state index in [1.807, 2.05) is 103 Å². The summed E-state index contributed by atoms with van der Waals surface area (Å²) in [5.41, 5.74) is 17.3. The van der Waals surface area contributed by atoms with Crippen molar-refractivity contribution in [1.82, 2.24) is 54.2 Å². The van der Waals surface area contributed by atoms with Crippen molar-refractivity contribution in [3.8, 4) is 17.4 Å². The Labute approximate surface area is 601 Å². The molecule has 8 aromatic heterocycles. The number of carboxylic acids is 1. The number of hydrogen-bond donors (Lipinski definition) is 5. The average Bonchev–Trinajstić information content (AvgIpc) is 1.68. The summed E-state index contributed by atoms with van der Waals surface area (Å²) >= 11 is 3.27. The molecule has 3 aromatic carbocycles. The lowest BCUT2D eigenvalue weighted by molar-refractivity contribution is 0.0657. The number of aromatic amines is 2. The van der Waals surface area contributed by atoms with E-state index >= 15 is 0 Å². The van der Waals surface area contributed by atoms with Gasteiger partial charge in [-0.1, -0.05) is 28.1 Å². The van der Waals surface area contributed by atoms with Crippen molar-refractivity contribution in [3.05, 3.63) is 218 Å². The number of rotatable bonds is 8. The number of H-pyrrole nitrogens is 2. The number of ketones is 1. The Morgan fingerprint density at radius 3 is 1.41 bits per heavy atom.